The maximum absolute atomic E-state index is 13.6. The highest BCUT2D eigenvalue weighted by Gasteiger charge is 2.22. The third-order valence-corrected chi connectivity index (χ3v) is 4.08. The quantitative estimate of drug-likeness (QED) is 0.945. The molecule has 0 radical (unpaired) electrons. The van der Waals surface area contributed by atoms with Gasteiger partial charge in [0.15, 0.2) is 0 Å². The number of benzene rings is 1. The summed E-state index contributed by atoms with van der Waals surface area (Å²) in [5.41, 5.74) is 0.643. The fraction of sp³-hybridized carbons (Fsp3) is 0.353. The number of carbonyl (C=O) groups is 1. The standard InChI is InChI=1S/C17H19FN4O/c1-12-6-8-22(9-7-12)17(23)15-10-20-16(11-19-15)21-14-5-3-2-4-13(14)18/h2-5,10-12H,6-9H2,1H3,(H,20,21). The number of nitrogens with zero attached hydrogens (tertiary/aromatic N) is 3. The summed E-state index contributed by atoms with van der Waals surface area (Å²) in [5.74, 6) is 0.607. The van der Waals surface area contributed by atoms with Crippen molar-refractivity contribution in [2.75, 3.05) is 18.4 Å². The Bertz CT molecular complexity index is 681. The van der Waals surface area contributed by atoms with Gasteiger partial charge >= 0.3 is 0 Å². The summed E-state index contributed by atoms with van der Waals surface area (Å²) >= 11 is 0. The van der Waals surface area contributed by atoms with Crippen molar-refractivity contribution in [2.24, 2.45) is 5.92 Å². The molecule has 1 amide bonds. The molecule has 1 fully saturated rings. The summed E-state index contributed by atoms with van der Waals surface area (Å²) in [5, 5.41) is 2.85. The lowest BCUT2D eigenvalue weighted by atomic mass is 9.99. The number of carbonyl (C=O) groups excluding carboxylic acids is 1. The largest absolute Gasteiger partial charge is 0.337 e. The van der Waals surface area contributed by atoms with Crippen LogP contribution >= 0.6 is 0 Å². The molecular weight excluding hydrogens is 295 g/mol. The molecule has 6 heteroatoms. The highest BCUT2D eigenvalue weighted by molar-refractivity contribution is 5.92. The average molecular weight is 314 g/mol. The number of likely N-dealkylation sites (tertiary alicyclic amines) is 1. The van der Waals surface area contributed by atoms with E-state index in [2.05, 4.69) is 22.2 Å². The van der Waals surface area contributed by atoms with Crippen molar-refractivity contribution in [1.29, 1.82) is 0 Å². The van der Waals surface area contributed by atoms with Crippen LogP contribution in [0.3, 0.4) is 0 Å². The van der Waals surface area contributed by atoms with Crippen molar-refractivity contribution in [3.05, 3.63) is 48.2 Å². The van der Waals surface area contributed by atoms with Gasteiger partial charge in [-0.1, -0.05) is 19.1 Å². The van der Waals surface area contributed by atoms with Gasteiger partial charge in [-0.25, -0.2) is 14.4 Å². The second-order valence-electron chi connectivity index (χ2n) is 5.87. The van der Waals surface area contributed by atoms with E-state index in [1.54, 1.807) is 18.2 Å². The summed E-state index contributed by atoms with van der Waals surface area (Å²) in [6, 6.07) is 6.33. The predicted molar refractivity (Wildman–Crippen MR) is 86.0 cm³/mol. The van der Waals surface area contributed by atoms with Crippen molar-refractivity contribution in [2.45, 2.75) is 19.8 Å². The van der Waals surface area contributed by atoms with Crippen molar-refractivity contribution in [3.63, 3.8) is 0 Å². The second-order valence-corrected chi connectivity index (χ2v) is 5.87. The minimum Gasteiger partial charge on any atom is -0.337 e. The molecule has 1 saturated heterocycles. The Hall–Kier alpha value is -2.50. The van der Waals surface area contributed by atoms with Crippen LogP contribution in [-0.4, -0.2) is 33.9 Å². The first-order valence-electron chi connectivity index (χ1n) is 7.76. The summed E-state index contributed by atoms with van der Waals surface area (Å²) in [4.78, 5) is 22.5. The second kappa shape index (κ2) is 6.73. The van der Waals surface area contributed by atoms with Gasteiger partial charge in [-0.05, 0) is 30.9 Å². The van der Waals surface area contributed by atoms with Crippen LogP contribution < -0.4 is 5.32 Å². The lowest BCUT2D eigenvalue weighted by Crippen LogP contribution is -2.38. The summed E-state index contributed by atoms with van der Waals surface area (Å²) in [6.07, 6.45) is 4.92. The molecule has 2 heterocycles. The van der Waals surface area contributed by atoms with E-state index in [9.17, 15) is 9.18 Å². The Kier molecular flexibility index (Phi) is 4.50. The van der Waals surface area contributed by atoms with Crippen LogP contribution in [0, 0.1) is 11.7 Å². The van der Waals surface area contributed by atoms with Crippen LogP contribution in [0.4, 0.5) is 15.9 Å². The molecule has 0 atom stereocenters. The number of amides is 1. The van der Waals surface area contributed by atoms with E-state index in [1.807, 2.05) is 4.90 Å². The first-order chi connectivity index (χ1) is 11.1. The Morgan fingerprint density at radius 2 is 1.96 bits per heavy atom. The van der Waals surface area contributed by atoms with Crippen LogP contribution in [0.25, 0.3) is 0 Å². The summed E-state index contributed by atoms with van der Waals surface area (Å²) < 4.78 is 13.6. The molecular formula is C17H19FN4O. The molecule has 1 aromatic heterocycles. The monoisotopic (exact) mass is 314 g/mol. The average Bonchev–Trinajstić information content (AvgIpc) is 2.58. The van der Waals surface area contributed by atoms with Crippen molar-refractivity contribution >= 4 is 17.4 Å². The van der Waals surface area contributed by atoms with Crippen molar-refractivity contribution in [3.8, 4) is 0 Å². The number of hydrogen-bond acceptors (Lipinski definition) is 4. The van der Waals surface area contributed by atoms with Crippen LogP contribution in [-0.2, 0) is 0 Å². The Morgan fingerprint density at radius 3 is 2.61 bits per heavy atom. The van der Waals surface area contributed by atoms with Crippen molar-refractivity contribution in [1.82, 2.24) is 14.9 Å². The maximum Gasteiger partial charge on any atom is 0.274 e. The number of anilines is 2. The molecule has 0 aliphatic carbocycles. The Labute approximate surface area is 134 Å². The molecule has 1 aliphatic heterocycles. The molecule has 1 N–H and O–H groups in total. The topological polar surface area (TPSA) is 58.1 Å². The fourth-order valence-electron chi connectivity index (χ4n) is 2.58. The number of aromatic nitrogens is 2. The summed E-state index contributed by atoms with van der Waals surface area (Å²) in [7, 11) is 0. The van der Waals surface area contributed by atoms with Gasteiger partial charge in [0, 0.05) is 13.1 Å². The molecule has 3 rings (SSSR count). The molecule has 0 bridgehead atoms. The van der Waals surface area contributed by atoms with E-state index in [-0.39, 0.29) is 11.7 Å². The van der Waals surface area contributed by atoms with Gasteiger partial charge in [0.25, 0.3) is 5.91 Å². The van der Waals surface area contributed by atoms with Crippen LogP contribution in [0.2, 0.25) is 0 Å². The fourth-order valence-corrected chi connectivity index (χ4v) is 2.58. The third-order valence-electron chi connectivity index (χ3n) is 4.08. The zero-order valence-corrected chi connectivity index (χ0v) is 13.0. The number of halogens is 1. The van der Waals surface area contributed by atoms with E-state index in [1.165, 1.54) is 18.5 Å². The molecule has 0 spiro atoms. The van der Waals surface area contributed by atoms with Gasteiger partial charge in [-0.3, -0.25) is 4.79 Å². The summed E-state index contributed by atoms with van der Waals surface area (Å²) in [6.45, 7) is 3.72. The molecule has 0 unspecified atom stereocenters. The minimum atomic E-state index is -0.364. The number of nitrogens with one attached hydrogen (secondary N) is 1. The van der Waals surface area contributed by atoms with Crippen LogP contribution in [0.15, 0.2) is 36.7 Å². The molecule has 2 aromatic rings. The maximum atomic E-state index is 13.6. The molecule has 120 valence electrons. The number of hydrogen-bond donors (Lipinski definition) is 1. The first-order valence-corrected chi connectivity index (χ1v) is 7.76. The normalized spacial score (nSPS) is 15.5. The van der Waals surface area contributed by atoms with E-state index in [4.69, 9.17) is 0 Å². The van der Waals surface area contributed by atoms with Gasteiger partial charge < -0.3 is 10.2 Å². The van der Waals surface area contributed by atoms with Crippen LogP contribution in [0.5, 0.6) is 0 Å². The Morgan fingerprint density at radius 1 is 1.22 bits per heavy atom. The van der Waals surface area contributed by atoms with Gasteiger partial charge in [-0.2, -0.15) is 0 Å². The zero-order valence-electron chi connectivity index (χ0n) is 13.0. The van der Waals surface area contributed by atoms with E-state index >= 15 is 0 Å². The highest BCUT2D eigenvalue weighted by atomic mass is 19.1. The molecule has 5 nitrogen and oxygen atoms in total. The number of rotatable bonds is 3. The SMILES string of the molecule is CC1CCN(C(=O)c2cnc(Nc3ccccc3F)cn2)CC1. The molecule has 1 aromatic carbocycles. The van der Waals surface area contributed by atoms with Gasteiger partial charge in [0.2, 0.25) is 0 Å². The Balaban J connectivity index is 1.67. The van der Waals surface area contributed by atoms with Gasteiger partial charge in [0.05, 0.1) is 18.1 Å². The van der Waals surface area contributed by atoms with Crippen LogP contribution in [0.1, 0.15) is 30.3 Å². The molecule has 0 saturated carbocycles. The first kappa shape index (κ1) is 15.4. The van der Waals surface area contributed by atoms with E-state index < -0.39 is 0 Å². The minimum absolute atomic E-state index is 0.0955. The number of piperidine rings is 1. The van der Waals surface area contributed by atoms with Crippen molar-refractivity contribution < 1.29 is 9.18 Å². The third kappa shape index (κ3) is 3.64. The molecule has 23 heavy (non-hydrogen) atoms. The predicted octanol–water partition coefficient (Wildman–Crippen LogP) is 3.23. The van der Waals surface area contributed by atoms with E-state index in [0.29, 0.717) is 23.1 Å². The smallest absolute Gasteiger partial charge is 0.274 e. The van der Waals surface area contributed by atoms with E-state index in [0.717, 1.165) is 25.9 Å². The lowest BCUT2D eigenvalue weighted by Gasteiger charge is -2.29. The highest BCUT2D eigenvalue weighted by Crippen LogP contribution is 2.19. The van der Waals surface area contributed by atoms with Gasteiger partial charge in [0.1, 0.15) is 17.3 Å². The van der Waals surface area contributed by atoms with Gasteiger partial charge in [-0.15, -0.1) is 0 Å². The molecule has 1 aliphatic rings. The zero-order chi connectivity index (χ0) is 16.2. The number of para-hydroxylation sites is 1. The lowest BCUT2D eigenvalue weighted by molar-refractivity contribution is 0.0691.